The van der Waals surface area contributed by atoms with Crippen molar-refractivity contribution in [2.75, 3.05) is 6.54 Å². The van der Waals surface area contributed by atoms with Gasteiger partial charge in [0.15, 0.2) is 0 Å². The van der Waals surface area contributed by atoms with E-state index < -0.39 is 0 Å². The molecular formula is C11H15N5. The number of nitrogens with zero attached hydrogens (tertiary/aromatic N) is 4. The van der Waals surface area contributed by atoms with E-state index in [1.54, 1.807) is 0 Å². The Kier molecular flexibility index (Phi) is 2.07. The zero-order valence-corrected chi connectivity index (χ0v) is 9.35. The predicted molar refractivity (Wildman–Crippen MR) is 60.9 cm³/mol. The molecule has 0 aliphatic carbocycles. The molecule has 0 amide bonds. The highest BCUT2D eigenvalue weighted by molar-refractivity contribution is 5.61. The Hall–Kier alpha value is -1.62. The molecule has 0 atom stereocenters. The summed E-state index contributed by atoms with van der Waals surface area (Å²) in [4.78, 5) is 4.45. The lowest BCUT2D eigenvalue weighted by Gasteiger charge is -2.17. The minimum absolute atomic E-state index is 0.648. The Balaban J connectivity index is 2.14. The highest BCUT2D eigenvalue weighted by atomic mass is 15.3. The molecular weight excluding hydrogens is 202 g/mol. The molecule has 0 unspecified atom stereocenters. The minimum Gasteiger partial charge on any atom is -0.330 e. The Bertz CT molecular complexity index is 522. The van der Waals surface area contributed by atoms with Crippen molar-refractivity contribution in [3.63, 3.8) is 0 Å². The van der Waals surface area contributed by atoms with Gasteiger partial charge in [-0.15, -0.1) is 0 Å². The van der Waals surface area contributed by atoms with Crippen molar-refractivity contribution >= 4 is 0 Å². The first kappa shape index (κ1) is 9.59. The topological polar surface area (TPSA) is 61.7 Å². The van der Waals surface area contributed by atoms with Crippen molar-refractivity contribution in [3.8, 4) is 11.4 Å². The molecule has 0 radical (unpaired) electrons. The Labute approximate surface area is 93.9 Å². The average molecular weight is 217 g/mol. The first-order chi connectivity index (χ1) is 7.81. The van der Waals surface area contributed by atoms with Gasteiger partial charge in [-0.05, 0) is 13.0 Å². The van der Waals surface area contributed by atoms with Crippen LogP contribution in [0.25, 0.3) is 11.4 Å². The van der Waals surface area contributed by atoms with Crippen LogP contribution in [0.1, 0.15) is 11.4 Å². The lowest BCUT2D eigenvalue weighted by atomic mass is 10.1. The summed E-state index contributed by atoms with van der Waals surface area (Å²) in [6.07, 6.45) is 5.76. The maximum Gasteiger partial charge on any atom is 0.110 e. The first-order valence-corrected chi connectivity index (χ1v) is 5.57. The quantitative estimate of drug-likeness (QED) is 0.789. The van der Waals surface area contributed by atoms with Crippen LogP contribution in [-0.4, -0.2) is 25.9 Å². The summed E-state index contributed by atoms with van der Waals surface area (Å²) in [5, 5.41) is 4.30. The van der Waals surface area contributed by atoms with Gasteiger partial charge in [-0.25, -0.2) is 4.98 Å². The molecule has 0 saturated carbocycles. The van der Waals surface area contributed by atoms with Gasteiger partial charge in [0.25, 0.3) is 0 Å². The van der Waals surface area contributed by atoms with Crippen LogP contribution in [-0.2, 0) is 26.4 Å². The van der Waals surface area contributed by atoms with Gasteiger partial charge in [0, 0.05) is 25.6 Å². The summed E-state index contributed by atoms with van der Waals surface area (Å²) in [5.41, 5.74) is 9.27. The number of hydrogen-bond donors (Lipinski definition) is 1. The van der Waals surface area contributed by atoms with Crippen molar-refractivity contribution in [2.45, 2.75) is 19.4 Å². The van der Waals surface area contributed by atoms with Gasteiger partial charge in [0.1, 0.15) is 5.82 Å². The lowest BCUT2D eigenvalue weighted by molar-refractivity contribution is 0.633. The molecule has 0 fully saturated rings. The third-order valence-electron chi connectivity index (χ3n) is 3.17. The van der Waals surface area contributed by atoms with E-state index >= 15 is 0 Å². The Morgan fingerprint density at radius 3 is 3.12 bits per heavy atom. The molecule has 3 heterocycles. The molecule has 84 valence electrons. The second kappa shape index (κ2) is 3.45. The molecule has 1 aliphatic rings. The van der Waals surface area contributed by atoms with Gasteiger partial charge in [0.05, 0.1) is 23.8 Å². The highest BCUT2D eigenvalue weighted by Crippen LogP contribution is 2.29. The molecule has 0 bridgehead atoms. The molecule has 0 aromatic carbocycles. The number of nitrogens with two attached hydrogens (primary N) is 1. The number of aryl methyl sites for hydroxylation is 2. The average Bonchev–Trinajstić information content (AvgIpc) is 2.84. The molecule has 5 heteroatoms. The van der Waals surface area contributed by atoms with Crippen molar-refractivity contribution in [3.05, 3.63) is 23.8 Å². The van der Waals surface area contributed by atoms with Gasteiger partial charge in [-0.1, -0.05) is 0 Å². The zero-order valence-electron chi connectivity index (χ0n) is 9.35. The molecule has 0 spiro atoms. The standard InChI is InChI=1S/C11H15N5/c1-15-11-8(6-14-15)3-5-16-9(11)7-13-10(16)2-4-12/h6-7H,2-5,12H2,1H3. The first-order valence-electron chi connectivity index (χ1n) is 5.57. The number of imidazole rings is 1. The van der Waals surface area contributed by atoms with E-state index in [1.807, 2.05) is 24.1 Å². The van der Waals surface area contributed by atoms with Gasteiger partial charge < -0.3 is 10.3 Å². The van der Waals surface area contributed by atoms with Crippen LogP contribution in [0.5, 0.6) is 0 Å². The lowest BCUT2D eigenvalue weighted by Crippen LogP contribution is -2.16. The SMILES string of the molecule is Cn1ncc2c1-c1cnc(CCN)n1CC2. The van der Waals surface area contributed by atoms with Crippen LogP contribution in [0.4, 0.5) is 0 Å². The van der Waals surface area contributed by atoms with Crippen LogP contribution >= 0.6 is 0 Å². The summed E-state index contributed by atoms with van der Waals surface area (Å²) >= 11 is 0. The van der Waals surface area contributed by atoms with Crippen molar-refractivity contribution < 1.29 is 0 Å². The summed E-state index contributed by atoms with van der Waals surface area (Å²) in [6, 6.07) is 0. The Morgan fingerprint density at radius 1 is 1.44 bits per heavy atom. The van der Waals surface area contributed by atoms with E-state index in [4.69, 9.17) is 5.73 Å². The third kappa shape index (κ3) is 1.21. The van der Waals surface area contributed by atoms with Crippen LogP contribution in [0.2, 0.25) is 0 Å². The van der Waals surface area contributed by atoms with Crippen molar-refractivity contribution in [1.29, 1.82) is 0 Å². The summed E-state index contributed by atoms with van der Waals surface area (Å²) < 4.78 is 4.19. The predicted octanol–water partition coefficient (Wildman–Crippen LogP) is 0.341. The van der Waals surface area contributed by atoms with Crippen LogP contribution < -0.4 is 5.73 Å². The molecule has 2 N–H and O–H groups in total. The third-order valence-corrected chi connectivity index (χ3v) is 3.17. The van der Waals surface area contributed by atoms with Crippen molar-refractivity contribution in [2.24, 2.45) is 12.8 Å². The fourth-order valence-electron chi connectivity index (χ4n) is 2.41. The molecule has 0 saturated heterocycles. The monoisotopic (exact) mass is 217 g/mol. The summed E-state index contributed by atoms with van der Waals surface area (Å²) in [5.74, 6) is 1.09. The van der Waals surface area contributed by atoms with E-state index in [9.17, 15) is 0 Å². The molecule has 2 aromatic rings. The number of hydrogen-bond acceptors (Lipinski definition) is 3. The highest BCUT2D eigenvalue weighted by Gasteiger charge is 2.22. The van der Waals surface area contributed by atoms with Crippen LogP contribution in [0, 0.1) is 0 Å². The second-order valence-electron chi connectivity index (χ2n) is 4.14. The summed E-state index contributed by atoms with van der Waals surface area (Å²) in [7, 11) is 1.98. The molecule has 2 aromatic heterocycles. The number of aromatic nitrogens is 4. The van der Waals surface area contributed by atoms with E-state index in [-0.39, 0.29) is 0 Å². The number of rotatable bonds is 2. The van der Waals surface area contributed by atoms with Crippen molar-refractivity contribution in [1.82, 2.24) is 19.3 Å². The minimum atomic E-state index is 0.648. The van der Waals surface area contributed by atoms with Gasteiger partial charge in [-0.3, -0.25) is 4.68 Å². The van der Waals surface area contributed by atoms with Gasteiger partial charge >= 0.3 is 0 Å². The molecule has 16 heavy (non-hydrogen) atoms. The fraction of sp³-hybridized carbons (Fsp3) is 0.455. The molecule has 1 aliphatic heterocycles. The number of fused-ring (bicyclic) bond motifs is 3. The normalized spacial score (nSPS) is 13.6. The van der Waals surface area contributed by atoms with Gasteiger partial charge in [0.2, 0.25) is 0 Å². The molecule has 5 nitrogen and oxygen atoms in total. The molecule has 3 rings (SSSR count). The van der Waals surface area contributed by atoms with Crippen LogP contribution in [0.3, 0.4) is 0 Å². The van der Waals surface area contributed by atoms with E-state index in [0.29, 0.717) is 6.54 Å². The smallest absolute Gasteiger partial charge is 0.110 e. The maximum absolute atomic E-state index is 5.59. The van der Waals surface area contributed by atoms with Gasteiger partial charge in [-0.2, -0.15) is 5.10 Å². The van der Waals surface area contributed by atoms with E-state index in [1.165, 1.54) is 17.0 Å². The van der Waals surface area contributed by atoms with Crippen LogP contribution in [0.15, 0.2) is 12.4 Å². The summed E-state index contributed by atoms with van der Waals surface area (Å²) in [6.45, 7) is 1.64. The maximum atomic E-state index is 5.59. The van der Waals surface area contributed by atoms with E-state index in [2.05, 4.69) is 14.6 Å². The van der Waals surface area contributed by atoms with E-state index in [0.717, 1.165) is 25.2 Å². The second-order valence-corrected chi connectivity index (χ2v) is 4.14. The largest absolute Gasteiger partial charge is 0.330 e. The Morgan fingerprint density at radius 2 is 2.31 bits per heavy atom. The zero-order chi connectivity index (χ0) is 11.1. The fourth-order valence-corrected chi connectivity index (χ4v) is 2.41.